The second-order valence-corrected chi connectivity index (χ2v) is 7.79. The molecule has 1 saturated carbocycles. The number of nitrogens with one attached hydrogen (secondary N) is 2. The van der Waals surface area contributed by atoms with E-state index in [0.717, 1.165) is 44.3 Å². The maximum Gasteiger partial charge on any atom is 0.191 e. The van der Waals surface area contributed by atoms with Crippen molar-refractivity contribution in [2.75, 3.05) is 26.8 Å². The highest BCUT2D eigenvalue weighted by atomic mass is 16.5. The van der Waals surface area contributed by atoms with Crippen LogP contribution in [0.25, 0.3) is 0 Å². The predicted molar refractivity (Wildman–Crippen MR) is 113 cm³/mol. The van der Waals surface area contributed by atoms with Gasteiger partial charge < -0.3 is 19.8 Å². The van der Waals surface area contributed by atoms with Crippen molar-refractivity contribution >= 4 is 5.96 Å². The molecule has 2 aromatic rings. The van der Waals surface area contributed by atoms with E-state index in [1.165, 1.54) is 24.8 Å². The fourth-order valence-electron chi connectivity index (χ4n) is 3.67. The smallest absolute Gasteiger partial charge is 0.191 e. The number of hydrogen-bond donors (Lipinski definition) is 2. The Labute approximate surface area is 168 Å². The molecule has 0 amide bonds. The molecule has 0 spiro atoms. The summed E-state index contributed by atoms with van der Waals surface area (Å²) in [5, 5.41) is 7.05. The molecule has 1 unspecified atom stereocenters. The van der Waals surface area contributed by atoms with Crippen LogP contribution in [0.4, 0.5) is 0 Å². The van der Waals surface area contributed by atoms with Crippen molar-refractivity contribution in [3.05, 3.63) is 60.1 Å². The SMILES string of the molecule is COCCC1(CN=C(NCCc2ccco2)NC(C)c2ccccc2)CCC1. The standard InChI is InChI=1S/C23H33N3O2/c1-19(20-8-4-3-5-9-20)26-22(24-15-11-21-10-6-16-28-21)25-18-23(12-7-13-23)14-17-27-2/h3-6,8-10,16,19H,7,11-15,17-18H2,1-2H3,(H2,24,25,26). The first-order valence-electron chi connectivity index (χ1n) is 10.3. The lowest BCUT2D eigenvalue weighted by atomic mass is 9.67. The molecule has 3 rings (SSSR count). The molecule has 1 aliphatic carbocycles. The molecule has 1 aromatic heterocycles. The Hall–Kier alpha value is -2.27. The zero-order valence-electron chi connectivity index (χ0n) is 17.1. The molecule has 28 heavy (non-hydrogen) atoms. The molecule has 0 aliphatic heterocycles. The van der Waals surface area contributed by atoms with Crippen molar-refractivity contribution in [2.24, 2.45) is 10.4 Å². The van der Waals surface area contributed by atoms with E-state index in [1.807, 2.05) is 18.2 Å². The maximum absolute atomic E-state index is 5.44. The van der Waals surface area contributed by atoms with E-state index in [-0.39, 0.29) is 6.04 Å². The zero-order valence-corrected chi connectivity index (χ0v) is 17.1. The Morgan fingerprint density at radius 3 is 2.68 bits per heavy atom. The first kappa shape index (κ1) is 20.5. The Bertz CT molecular complexity index is 709. The molecule has 0 bridgehead atoms. The summed E-state index contributed by atoms with van der Waals surface area (Å²) in [6.45, 7) is 4.60. The number of benzene rings is 1. The molecule has 1 fully saturated rings. The number of guanidine groups is 1. The van der Waals surface area contributed by atoms with Gasteiger partial charge in [-0.1, -0.05) is 36.8 Å². The predicted octanol–water partition coefficient (Wildman–Crippen LogP) is 4.33. The average Bonchev–Trinajstić information content (AvgIpc) is 3.20. The van der Waals surface area contributed by atoms with Gasteiger partial charge in [0.1, 0.15) is 5.76 Å². The van der Waals surface area contributed by atoms with E-state index in [1.54, 1.807) is 13.4 Å². The normalized spacial score (nSPS) is 17.0. The number of aliphatic imine (C=N–C) groups is 1. The third-order valence-electron chi connectivity index (χ3n) is 5.72. The molecule has 2 N–H and O–H groups in total. The first-order valence-corrected chi connectivity index (χ1v) is 10.3. The minimum atomic E-state index is 0.187. The topological polar surface area (TPSA) is 58.8 Å². The van der Waals surface area contributed by atoms with Gasteiger partial charge in [-0.25, -0.2) is 0 Å². The van der Waals surface area contributed by atoms with Gasteiger partial charge in [-0.2, -0.15) is 0 Å². The first-order chi connectivity index (χ1) is 13.7. The Kier molecular flexibility index (Phi) is 7.54. The molecule has 1 aliphatic rings. The van der Waals surface area contributed by atoms with Crippen molar-refractivity contribution in [1.29, 1.82) is 0 Å². The van der Waals surface area contributed by atoms with Crippen LogP contribution in [-0.2, 0) is 11.2 Å². The van der Waals surface area contributed by atoms with Crippen molar-refractivity contribution in [3.8, 4) is 0 Å². The van der Waals surface area contributed by atoms with Crippen LogP contribution in [0, 0.1) is 5.41 Å². The van der Waals surface area contributed by atoms with Gasteiger partial charge in [0.05, 0.1) is 12.3 Å². The Morgan fingerprint density at radius 1 is 1.21 bits per heavy atom. The van der Waals surface area contributed by atoms with Gasteiger partial charge in [0.2, 0.25) is 0 Å². The highest BCUT2D eigenvalue weighted by Crippen LogP contribution is 2.44. The summed E-state index contributed by atoms with van der Waals surface area (Å²) in [6, 6.07) is 14.6. The summed E-state index contributed by atoms with van der Waals surface area (Å²) in [5.74, 6) is 1.85. The summed E-state index contributed by atoms with van der Waals surface area (Å²) >= 11 is 0. The van der Waals surface area contributed by atoms with Crippen molar-refractivity contribution in [3.63, 3.8) is 0 Å². The van der Waals surface area contributed by atoms with Crippen LogP contribution in [0.3, 0.4) is 0 Å². The van der Waals surface area contributed by atoms with Crippen LogP contribution in [-0.4, -0.2) is 32.8 Å². The van der Waals surface area contributed by atoms with Gasteiger partial charge in [0, 0.05) is 33.2 Å². The Balaban J connectivity index is 1.62. The summed E-state index contributed by atoms with van der Waals surface area (Å²) in [5.41, 5.74) is 1.56. The van der Waals surface area contributed by atoms with Gasteiger partial charge in [0.15, 0.2) is 5.96 Å². The molecule has 152 valence electrons. The number of hydrogen-bond acceptors (Lipinski definition) is 3. The molecule has 1 atom stereocenters. The van der Waals surface area contributed by atoms with Crippen LogP contribution in [0.15, 0.2) is 58.1 Å². The second kappa shape index (κ2) is 10.3. The van der Waals surface area contributed by atoms with Crippen LogP contribution in [0.1, 0.15) is 50.0 Å². The van der Waals surface area contributed by atoms with Gasteiger partial charge in [-0.3, -0.25) is 4.99 Å². The lowest BCUT2D eigenvalue weighted by Gasteiger charge is -2.41. The van der Waals surface area contributed by atoms with Crippen LogP contribution < -0.4 is 10.6 Å². The fraction of sp³-hybridized carbons (Fsp3) is 0.522. The largest absolute Gasteiger partial charge is 0.469 e. The second-order valence-electron chi connectivity index (χ2n) is 7.79. The maximum atomic E-state index is 5.44. The lowest BCUT2D eigenvalue weighted by molar-refractivity contribution is 0.0778. The van der Waals surface area contributed by atoms with E-state index in [2.05, 4.69) is 41.8 Å². The van der Waals surface area contributed by atoms with E-state index in [4.69, 9.17) is 14.1 Å². The monoisotopic (exact) mass is 383 g/mol. The molecule has 0 radical (unpaired) electrons. The molecular weight excluding hydrogens is 350 g/mol. The third kappa shape index (κ3) is 5.86. The van der Waals surface area contributed by atoms with Crippen LogP contribution in [0.2, 0.25) is 0 Å². The van der Waals surface area contributed by atoms with Gasteiger partial charge in [0.25, 0.3) is 0 Å². The number of rotatable bonds is 10. The quantitative estimate of drug-likeness (QED) is 0.474. The summed E-state index contributed by atoms with van der Waals surface area (Å²) in [4.78, 5) is 4.96. The van der Waals surface area contributed by atoms with Crippen molar-refractivity contribution in [1.82, 2.24) is 10.6 Å². The molecule has 1 heterocycles. The minimum Gasteiger partial charge on any atom is -0.469 e. The molecule has 5 heteroatoms. The van der Waals surface area contributed by atoms with Crippen molar-refractivity contribution in [2.45, 2.75) is 45.1 Å². The van der Waals surface area contributed by atoms with E-state index >= 15 is 0 Å². The summed E-state index contributed by atoms with van der Waals surface area (Å²) in [7, 11) is 1.78. The zero-order chi connectivity index (χ0) is 19.7. The summed E-state index contributed by atoms with van der Waals surface area (Å²) in [6.07, 6.45) is 7.43. The van der Waals surface area contributed by atoms with Crippen LogP contribution in [0.5, 0.6) is 0 Å². The molecule has 5 nitrogen and oxygen atoms in total. The fourth-order valence-corrected chi connectivity index (χ4v) is 3.67. The minimum absolute atomic E-state index is 0.187. The molecule has 0 saturated heterocycles. The average molecular weight is 384 g/mol. The van der Waals surface area contributed by atoms with Crippen LogP contribution >= 0.6 is 0 Å². The Morgan fingerprint density at radius 2 is 2.04 bits per heavy atom. The van der Waals surface area contributed by atoms with Gasteiger partial charge in [-0.05, 0) is 49.3 Å². The van der Waals surface area contributed by atoms with Crippen molar-refractivity contribution < 1.29 is 9.15 Å². The molecular formula is C23H33N3O2. The van der Waals surface area contributed by atoms with E-state index < -0.39 is 0 Å². The van der Waals surface area contributed by atoms with E-state index in [0.29, 0.717) is 5.41 Å². The highest BCUT2D eigenvalue weighted by Gasteiger charge is 2.36. The third-order valence-corrected chi connectivity index (χ3v) is 5.72. The number of methoxy groups -OCH3 is 1. The number of ether oxygens (including phenoxy) is 1. The van der Waals surface area contributed by atoms with Gasteiger partial charge >= 0.3 is 0 Å². The van der Waals surface area contributed by atoms with E-state index in [9.17, 15) is 0 Å². The highest BCUT2D eigenvalue weighted by molar-refractivity contribution is 5.80. The number of furan rings is 1. The van der Waals surface area contributed by atoms with Gasteiger partial charge in [-0.15, -0.1) is 0 Å². The lowest BCUT2D eigenvalue weighted by Crippen LogP contribution is -2.42. The molecule has 1 aromatic carbocycles. The number of nitrogens with zero attached hydrogens (tertiary/aromatic N) is 1. The summed E-state index contributed by atoms with van der Waals surface area (Å²) < 4.78 is 10.8.